The number of carbonyl (C=O) groups is 1. The summed E-state index contributed by atoms with van der Waals surface area (Å²) in [4.78, 5) is 26.4. The lowest BCUT2D eigenvalue weighted by Gasteiger charge is -2.40. The largest absolute Gasteiger partial charge is 0.373 e. The van der Waals surface area contributed by atoms with Crippen LogP contribution in [0.5, 0.6) is 0 Å². The minimum atomic E-state index is -3.58. The Balaban J connectivity index is 1.34. The highest BCUT2D eigenvalue weighted by atomic mass is 32.2. The van der Waals surface area contributed by atoms with Gasteiger partial charge in [-0.25, -0.2) is 0 Å². The van der Waals surface area contributed by atoms with E-state index in [1.165, 1.54) is 14.8 Å². The molecule has 2 unspecified atom stereocenters. The van der Waals surface area contributed by atoms with Crippen molar-refractivity contribution in [1.29, 1.82) is 0 Å². The second kappa shape index (κ2) is 9.26. The molecule has 0 bridgehead atoms. The van der Waals surface area contributed by atoms with E-state index in [1.54, 1.807) is 21.7 Å². The molecule has 4 rings (SSSR count). The van der Waals surface area contributed by atoms with Gasteiger partial charge in [-0.2, -0.15) is 22.1 Å². The van der Waals surface area contributed by atoms with Crippen LogP contribution < -0.4 is 5.43 Å². The van der Waals surface area contributed by atoms with Crippen molar-refractivity contribution in [2.24, 2.45) is 0 Å². The Hall–Kier alpha value is -2.34. The molecule has 2 fully saturated rings. The zero-order valence-corrected chi connectivity index (χ0v) is 19.2. The van der Waals surface area contributed by atoms with Crippen molar-refractivity contribution in [2.45, 2.75) is 39.0 Å². The van der Waals surface area contributed by atoms with Crippen molar-refractivity contribution in [1.82, 2.24) is 23.3 Å². The molecule has 1 amide bonds. The van der Waals surface area contributed by atoms with Gasteiger partial charge in [-0.3, -0.25) is 14.3 Å². The van der Waals surface area contributed by atoms with Gasteiger partial charge in [-0.05, 0) is 26.0 Å². The maximum absolute atomic E-state index is 13.0. The van der Waals surface area contributed by atoms with Gasteiger partial charge in [0.1, 0.15) is 0 Å². The Kier molecular flexibility index (Phi) is 6.61. The molecule has 0 aliphatic carbocycles. The molecule has 0 N–H and O–H groups in total. The molecular formula is C21H29N5O5S. The maximum Gasteiger partial charge on any atom is 0.282 e. The number of hydrogen-bond donors (Lipinski definition) is 0. The first kappa shape index (κ1) is 22.8. The molecule has 0 spiro atoms. The predicted octanol–water partition coefficient (Wildman–Crippen LogP) is 0.285. The van der Waals surface area contributed by atoms with Gasteiger partial charge in [0.15, 0.2) is 0 Å². The first-order chi connectivity index (χ1) is 15.3. The maximum atomic E-state index is 13.0. The summed E-state index contributed by atoms with van der Waals surface area (Å²) in [5.74, 6) is -0.0553. The lowest BCUT2D eigenvalue weighted by Crippen LogP contribution is -2.57. The van der Waals surface area contributed by atoms with Crippen molar-refractivity contribution >= 4 is 27.0 Å². The van der Waals surface area contributed by atoms with Crippen molar-refractivity contribution in [3.63, 3.8) is 0 Å². The van der Waals surface area contributed by atoms with Crippen LogP contribution in [-0.2, 0) is 26.3 Å². The zero-order chi connectivity index (χ0) is 22.9. The van der Waals surface area contributed by atoms with E-state index in [9.17, 15) is 18.0 Å². The number of fused-ring (bicyclic) bond motifs is 1. The number of amides is 1. The molecule has 174 valence electrons. The topological polar surface area (TPSA) is 105 Å². The molecule has 3 heterocycles. The predicted molar refractivity (Wildman–Crippen MR) is 119 cm³/mol. The fourth-order valence-electron chi connectivity index (χ4n) is 4.35. The van der Waals surface area contributed by atoms with E-state index in [0.29, 0.717) is 43.6 Å². The van der Waals surface area contributed by atoms with Crippen LogP contribution in [0.25, 0.3) is 10.9 Å². The number of ether oxygens (including phenoxy) is 1. The number of nitrogens with zero attached hydrogens (tertiary/aromatic N) is 5. The van der Waals surface area contributed by atoms with Crippen LogP contribution >= 0.6 is 0 Å². The summed E-state index contributed by atoms with van der Waals surface area (Å²) < 4.78 is 36.3. The lowest BCUT2D eigenvalue weighted by atomic mass is 10.2. The summed E-state index contributed by atoms with van der Waals surface area (Å²) in [5, 5.41) is 4.73. The van der Waals surface area contributed by atoms with E-state index in [2.05, 4.69) is 5.10 Å². The molecule has 2 aromatic rings. The van der Waals surface area contributed by atoms with Crippen molar-refractivity contribution in [3.8, 4) is 0 Å². The van der Waals surface area contributed by atoms with Crippen LogP contribution in [-0.4, -0.2) is 89.1 Å². The lowest BCUT2D eigenvalue weighted by molar-refractivity contribution is -0.132. The Morgan fingerprint density at radius 1 is 1.06 bits per heavy atom. The molecular weight excluding hydrogens is 434 g/mol. The van der Waals surface area contributed by atoms with E-state index in [-0.39, 0.29) is 43.1 Å². The first-order valence-electron chi connectivity index (χ1n) is 10.9. The van der Waals surface area contributed by atoms with Crippen LogP contribution in [0.1, 0.15) is 20.3 Å². The third-order valence-corrected chi connectivity index (χ3v) is 7.90. The van der Waals surface area contributed by atoms with E-state index in [4.69, 9.17) is 4.74 Å². The number of benzene rings is 1. The van der Waals surface area contributed by atoms with Gasteiger partial charge >= 0.3 is 0 Å². The van der Waals surface area contributed by atoms with E-state index in [1.807, 2.05) is 26.0 Å². The van der Waals surface area contributed by atoms with Crippen LogP contribution in [0.2, 0.25) is 0 Å². The zero-order valence-electron chi connectivity index (χ0n) is 18.4. The van der Waals surface area contributed by atoms with Crippen LogP contribution in [0.4, 0.5) is 0 Å². The second-order valence-electron chi connectivity index (χ2n) is 8.36. The fraction of sp³-hybridized carbons (Fsp3) is 0.571. The number of morpholine rings is 1. The molecule has 10 nitrogen and oxygen atoms in total. The molecule has 2 aliphatic rings. The highest BCUT2D eigenvalue weighted by Gasteiger charge is 2.37. The van der Waals surface area contributed by atoms with Gasteiger partial charge in [0, 0.05) is 51.1 Å². The average Bonchev–Trinajstić information content (AvgIpc) is 2.78. The monoisotopic (exact) mass is 463 g/mol. The average molecular weight is 464 g/mol. The third kappa shape index (κ3) is 4.70. The molecule has 32 heavy (non-hydrogen) atoms. The van der Waals surface area contributed by atoms with Gasteiger partial charge in [-0.1, -0.05) is 12.1 Å². The van der Waals surface area contributed by atoms with Gasteiger partial charge in [-0.15, -0.1) is 0 Å². The highest BCUT2D eigenvalue weighted by molar-refractivity contribution is 7.86. The second-order valence-corrected chi connectivity index (χ2v) is 10.3. The summed E-state index contributed by atoms with van der Waals surface area (Å²) in [6.07, 6.45) is 1.21. The number of para-hydroxylation sites is 1. The number of piperazine rings is 1. The summed E-state index contributed by atoms with van der Waals surface area (Å²) in [6, 6.07) is 7.18. The fourth-order valence-corrected chi connectivity index (χ4v) is 6.10. The SMILES string of the molecule is CC1CN(S(=O)(=O)N2CCN(C(=O)CCn3ncc(=O)c4ccccc43)CC2)CC(C)O1. The Morgan fingerprint density at radius 3 is 2.41 bits per heavy atom. The summed E-state index contributed by atoms with van der Waals surface area (Å²) in [6.45, 7) is 6.02. The standard InChI is InChI=1S/C21H29N5O5S/c1-16-14-25(15-17(2)31-16)32(29,30)24-11-9-23(10-12-24)21(28)7-8-26-19-6-4-3-5-18(19)20(27)13-22-26/h3-6,13,16-17H,7-12,14-15H2,1-2H3. The molecule has 1 aromatic carbocycles. The van der Waals surface area contributed by atoms with E-state index >= 15 is 0 Å². The molecule has 2 aliphatic heterocycles. The van der Waals surface area contributed by atoms with Crippen LogP contribution in [0.3, 0.4) is 0 Å². The summed E-state index contributed by atoms with van der Waals surface area (Å²) in [7, 11) is -3.58. The Labute approximate surface area is 187 Å². The third-order valence-electron chi connectivity index (χ3n) is 5.93. The number of aromatic nitrogens is 2. The van der Waals surface area contributed by atoms with Gasteiger partial charge < -0.3 is 9.64 Å². The Bertz CT molecular complexity index is 1130. The number of rotatable bonds is 5. The van der Waals surface area contributed by atoms with Gasteiger partial charge in [0.25, 0.3) is 10.2 Å². The van der Waals surface area contributed by atoms with E-state index in [0.717, 1.165) is 0 Å². The van der Waals surface area contributed by atoms with E-state index < -0.39 is 10.2 Å². The summed E-state index contributed by atoms with van der Waals surface area (Å²) >= 11 is 0. The van der Waals surface area contributed by atoms with Gasteiger partial charge in [0.05, 0.1) is 30.5 Å². The van der Waals surface area contributed by atoms with Gasteiger partial charge in [0.2, 0.25) is 11.3 Å². The normalized spacial score (nSPS) is 23.5. The number of aryl methyl sites for hydroxylation is 1. The quantitative estimate of drug-likeness (QED) is 0.631. The van der Waals surface area contributed by atoms with Crippen LogP contribution in [0.15, 0.2) is 35.3 Å². The minimum absolute atomic E-state index is 0.0553. The van der Waals surface area contributed by atoms with Crippen LogP contribution in [0, 0.1) is 0 Å². The van der Waals surface area contributed by atoms with Crippen molar-refractivity contribution < 1.29 is 17.9 Å². The Morgan fingerprint density at radius 2 is 1.72 bits per heavy atom. The smallest absolute Gasteiger partial charge is 0.282 e. The molecule has 0 radical (unpaired) electrons. The summed E-state index contributed by atoms with van der Waals surface area (Å²) in [5.41, 5.74) is 0.544. The molecule has 0 saturated carbocycles. The number of carbonyl (C=O) groups excluding carboxylic acids is 1. The van der Waals surface area contributed by atoms with Crippen molar-refractivity contribution in [2.75, 3.05) is 39.3 Å². The molecule has 11 heteroatoms. The highest BCUT2D eigenvalue weighted by Crippen LogP contribution is 2.19. The van der Waals surface area contributed by atoms with Crippen molar-refractivity contribution in [3.05, 3.63) is 40.7 Å². The first-order valence-corrected chi connectivity index (χ1v) is 12.3. The molecule has 1 aromatic heterocycles. The minimum Gasteiger partial charge on any atom is -0.373 e. The molecule has 2 atom stereocenters. The number of hydrogen-bond acceptors (Lipinski definition) is 6. The molecule has 2 saturated heterocycles.